The maximum absolute atomic E-state index is 12.8. The van der Waals surface area contributed by atoms with Crippen molar-refractivity contribution < 1.29 is 22.7 Å². The van der Waals surface area contributed by atoms with Crippen molar-refractivity contribution >= 4 is 39.0 Å². The number of rotatable bonds is 6. The highest BCUT2D eigenvalue weighted by atomic mass is 35.5. The Balaban J connectivity index is 1.74. The topological polar surface area (TPSA) is 97.0 Å². The Morgan fingerprint density at radius 2 is 1.63 bits per heavy atom. The summed E-state index contributed by atoms with van der Waals surface area (Å²) < 4.78 is 38.4. The van der Waals surface area contributed by atoms with Crippen LogP contribution in [0.4, 0.5) is 16.2 Å². The van der Waals surface area contributed by atoms with Crippen LogP contribution in [0, 0.1) is 0 Å². The lowest BCUT2D eigenvalue weighted by atomic mass is 10.1. The molecule has 1 saturated heterocycles. The summed E-state index contributed by atoms with van der Waals surface area (Å²) in [5.41, 5.74) is 0.719. The van der Waals surface area contributed by atoms with Crippen LogP contribution < -0.4 is 19.5 Å². The molecule has 2 amide bonds. The van der Waals surface area contributed by atoms with Gasteiger partial charge in [-0.05, 0) is 43.5 Å². The number of hydrogen-bond donors (Lipinski definition) is 2. The number of benzene rings is 2. The molecule has 10 heteroatoms. The molecule has 1 heterocycles. The lowest BCUT2D eigenvalue weighted by Crippen LogP contribution is -2.38. The molecule has 1 fully saturated rings. The van der Waals surface area contributed by atoms with Gasteiger partial charge in [-0.15, -0.1) is 0 Å². The molecule has 0 aliphatic carbocycles. The molecule has 0 aromatic heterocycles. The van der Waals surface area contributed by atoms with E-state index >= 15 is 0 Å². The fraction of sp³-hybridized carbons (Fsp3) is 0.350. The lowest BCUT2D eigenvalue weighted by Gasteiger charge is -2.26. The lowest BCUT2D eigenvalue weighted by molar-refractivity contribution is 0.200. The number of halogens is 1. The van der Waals surface area contributed by atoms with Crippen molar-refractivity contribution in [3.8, 4) is 11.5 Å². The molecule has 162 valence electrons. The van der Waals surface area contributed by atoms with Crippen molar-refractivity contribution in [2.75, 3.05) is 37.3 Å². The molecule has 0 radical (unpaired) electrons. The number of ether oxygens (including phenoxy) is 2. The normalized spacial score (nSPS) is 14.2. The number of anilines is 2. The molecule has 0 spiro atoms. The minimum Gasteiger partial charge on any atom is -0.495 e. The van der Waals surface area contributed by atoms with Crippen LogP contribution in [0.1, 0.15) is 19.3 Å². The Kier molecular flexibility index (Phi) is 6.94. The van der Waals surface area contributed by atoms with Crippen molar-refractivity contribution in [2.45, 2.75) is 24.2 Å². The number of nitrogens with one attached hydrogen (secondary N) is 2. The van der Waals surface area contributed by atoms with E-state index in [1.807, 2.05) is 0 Å². The monoisotopic (exact) mass is 453 g/mol. The summed E-state index contributed by atoms with van der Waals surface area (Å²) in [6, 6.07) is 8.69. The van der Waals surface area contributed by atoms with Gasteiger partial charge in [0, 0.05) is 30.9 Å². The van der Waals surface area contributed by atoms with E-state index in [1.54, 1.807) is 17.0 Å². The van der Waals surface area contributed by atoms with Crippen LogP contribution in [0.25, 0.3) is 0 Å². The van der Waals surface area contributed by atoms with E-state index in [9.17, 15) is 13.2 Å². The van der Waals surface area contributed by atoms with E-state index in [0.717, 1.165) is 32.4 Å². The van der Waals surface area contributed by atoms with Crippen molar-refractivity contribution in [1.82, 2.24) is 4.90 Å². The minimum atomic E-state index is -3.90. The number of likely N-dealkylation sites (tertiary alicyclic amines) is 1. The molecule has 30 heavy (non-hydrogen) atoms. The summed E-state index contributed by atoms with van der Waals surface area (Å²) in [5, 5.41) is 3.10. The number of hydrogen-bond acceptors (Lipinski definition) is 5. The smallest absolute Gasteiger partial charge is 0.321 e. The predicted molar refractivity (Wildman–Crippen MR) is 116 cm³/mol. The Morgan fingerprint density at radius 1 is 1.00 bits per heavy atom. The van der Waals surface area contributed by atoms with Crippen molar-refractivity contribution in [3.05, 3.63) is 41.4 Å². The van der Waals surface area contributed by atoms with Gasteiger partial charge in [0.15, 0.2) is 0 Å². The fourth-order valence-electron chi connectivity index (χ4n) is 3.16. The van der Waals surface area contributed by atoms with Gasteiger partial charge in [0.2, 0.25) is 0 Å². The third-order valence-corrected chi connectivity index (χ3v) is 6.45. The van der Waals surface area contributed by atoms with Crippen molar-refractivity contribution in [1.29, 1.82) is 0 Å². The molecule has 0 saturated carbocycles. The van der Waals surface area contributed by atoms with Crippen LogP contribution in [0.3, 0.4) is 0 Å². The molecule has 1 aliphatic rings. The number of carbonyl (C=O) groups excluding carboxylic acids is 1. The third-order valence-electron chi connectivity index (χ3n) is 4.78. The molecular weight excluding hydrogens is 430 g/mol. The second-order valence-electron chi connectivity index (χ2n) is 6.79. The van der Waals surface area contributed by atoms with E-state index in [1.165, 1.54) is 38.5 Å². The zero-order valence-electron chi connectivity index (χ0n) is 16.8. The molecule has 2 aromatic rings. The van der Waals surface area contributed by atoms with E-state index < -0.39 is 10.0 Å². The van der Waals surface area contributed by atoms with Crippen LogP contribution in [-0.4, -0.2) is 46.7 Å². The Morgan fingerprint density at radius 3 is 2.23 bits per heavy atom. The average Bonchev–Trinajstić information content (AvgIpc) is 2.75. The van der Waals surface area contributed by atoms with E-state index in [4.69, 9.17) is 21.1 Å². The number of nitrogens with zero attached hydrogens (tertiary/aromatic N) is 1. The van der Waals surface area contributed by atoms with Crippen molar-refractivity contribution in [2.24, 2.45) is 0 Å². The quantitative estimate of drug-likeness (QED) is 0.684. The molecule has 2 N–H and O–H groups in total. The summed E-state index contributed by atoms with van der Waals surface area (Å²) in [6.45, 7) is 1.46. The highest BCUT2D eigenvalue weighted by Crippen LogP contribution is 2.37. The molecule has 2 aromatic carbocycles. The number of carbonyl (C=O) groups is 1. The van der Waals surface area contributed by atoms with Crippen LogP contribution in [0.15, 0.2) is 41.3 Å². The number of methoxy groups -OCH3 is 2. The maximum Gasteiger partial charge on any atom is 0.321 e. The van der Waals surface area contributed by atoms with E-state index in [0.29, 0.717) is 16.5 Å². The first-order valence-electron chi connectivity index (χ1n) is 9.44. The number of sulfonamides is 1. The molecule has 0 atom stereocenters. The van der Waals surface area contributed by atoms with Gasteiger partial charge in [-0.3, -0.25) is 4.72 Å². The first kappa shape index (κ1) is 22.0. The largest absolute Gasteiger partial charge is 0.495 e. The fourth-order valence-corrected chi connectivity index (χ4v) is 4.45. The highest BCUT2D eigenvalue weighted by molar-refractivity contribution is 7.92. The summed E-state index contributed by atoms with van der Waals surface area (Å²) in [4.78, 5) is 14.1. The predicted octanol–water partition coefficient (Wildman–Crippen LogP) is 4.18. The van der Waals surface area contributed by atoms with Crippen LogP contribution in [0.2, 0.25) is 5.02 Å². The van der Waals surface area contributed by atoms with Crippen LogP contribution in [0.5, 0.6) is 11.5 Å². The Hall–Kier alpha value is -2.65. The van der Waals surface area contributed by atoms with Gasteiger partial charge in [-0.2, -0.15) is 0 Å². The average molecular weight is 454 g/mol. The Bertz CT molecular complexity index is 1010. The van der Waals surface area contributed by atoms with Gasteiger partial charge in [-0.25, -0.2) is 13.2 Å². The van der Waals surface area contributed by atoms with Gasteiger partial charge in [0.25, 0.3) is 10.0 Å². The van der Waals surface area contributed by atoms with Crippen LogP contribution >= 0.6 is 11.6 Å². The van der Waals surface area contributed by atoms with Gasteiger partial charge >= 0.3 is 6.03 Å². The molecule has 3 rings (SSSR count). The van der Waals surface area contributed by atoms with Gasteiger partial charge < -0.3 is 19.7 Å². The SMILES string of the molecule is COc1cc(NS(=O)(=O)c2ccc(NC(=O)N3CCCCC3)cc2)c(OC)cc1Cl. The number of piperidine rings is 1. The van der Waals surface area contributed by atoms with E-state index in [-0.39, 0.29) is 22.4 Å². The highest BCUT2D eigenvalue weighted by Gasteiger charge is 2.20. The third kappa shape index (κ3) is 5.09. The molecule has 0 bridgehead atoms. The zero-order chi connectivity index (χ0) is 21.7. The standard InChI is InChI=1S/C20H24ClN3O5S/c1-28-18-13-17(19(29-2)12-16(18)21)23-30(26,27)15-8-6-14(7-9-15)22-20(25)24-10-4-3-5-11-24/h6-9,12-13,23H,3-5,10-11H2,1-2H3,(H,22,25). The van der Waals surface area contributed by atoms with E-state index in [2.05, 4.69) is 10.0 Å². The number of amides is 2. The van der Waals surface area contributed by atoms with Gasteiger partial charge in [0.1, 0.15) is 11.5 Å². The molecule has 0 unspecified atom stereocenters. The molecule has 1 aliphatic heterocycles. The second-order valence-corrected chi connectivity index (χ2v) is 8.88. The maximum atomic E-state index is 12.8. The zero-order valence-corrected chi connectivity index (χ0v) is 18.3. The summed E-state index contributed by atoms with van der Waals surface area (Å²) in [5.74, 6) is 0.570. The first-order chi connectivity index (χ1) is 14.3. The first-order valence-corrected chi connectivity index (χ1v) is 11.3. The van der Waals surface area contributed by atoms with Crippen molar-refractivity contribution in [3.63, 3.8) is 0 Å². The van der Waals surface area contributed by atoms with Crippen LogP contribution in [-0.2, 0) is 10.0 Å². The molecule has 8 nitrogen and oxygen atoms in total. The Labute approximate surface area is 181 Å². The summed E-state index contributed by atoms with van der Waals surface area (Å²) in [6.07, 6.45) is 3.12. The minimum absolute atomic E-state index is 0.0365. The second kappa shape index (κ2) is 9.44. The summed E-state index contributed by atoms with van der Waals surface area (Å²) in [7, 11) is -1.06. The van der Waals surface area contributed by atoms with Gasteiger partial charge in [0.05, 0.1) is 29.8 Å². The molecular formula is C20H24ClN3O5S. The van der Waals surface area contributed by atoms with Gasteiger partial charge in [-0.1, -0.05) is 11.6 Å². The number of urea groups is 1. The summed E-state index contributed by atoms with van der Waals surface area (Å²) >= 11 is 6.06.